The predicted octanol–water partition coefficient (Wildman–Crippen LogP) is 3.44. The summed E-state index contributed by atoms with van der Waals surface area (Å²) in [6.07, 6.45) is 0. The minimum atomic E-state index is -0.510. The summed E-state index contributed by atoms with van der Waals surface area (Å²) in [6.45, 7) is 4.48. The van der Waals surface area contributed by atoms with Crippen molar-refractivity contribution in [3.63, 3.8) is 0 Å². The molecule has 2 aromatic rings. The first-order chi connectivity index (χ1) is 13.4. The van der Waals surface area contributed by atoms with E-state index >= 15 is 0 Å². The molecule has 1 saturated heterocycles. The van der Waals surface area contributed by atoms with Gasteiger partial charge in [-0.25, -0.2) is 0 Å². The number of nitrogens with one attached hydrogen (secondary N) is 2. The van der Waals surface area contributed by atoms with E-state index in [9.17, 15) is 14.9 Å². The number of aryl methyl sites for hydroxylation is 1. The molecular weight excluding hydrogens is 384 g/mol. The van der Waals surface area contributed by atoms with Crippen LogP contribution in [0, 0.1) is 17.0 Å². The quantitative estimate of drug-likeness (QED) is 0.565. The van der Waals surface area contributed by atoms with E-state index in [0.29, 0.717) is 18.2 Å². The Labute approximate surface area is 167 Å². The minimum absolute atomic E-state index is 0.0529. The molecule has 0 saturated carbocycles. The lowest BCUT2D eigenvalue weighted by Crippen LogP contribution is -2.36. The topological polar surface area (TPSA) is 96.7 Å². The minimum Gasteiger partial charge on any atom is -0.378 e. The van der Waals surface area contributed by atoms with Crippen molar-refractivity contribution >= 4 is 40.3 Å². The molecule has 1 fully saturated rings. The van der Waals surface area contributed by atoms with Crippen molar-refractivity contribution in [1.29, 1.82) is 0 Å². The first kappa shape index (κ1) is 19.9. The number of rotatable bonds is 6. The second kappa shape index (κ2) is 8.90. The smallest absolute Gasteiger partial charge is 0.293 e. The van der Waals surface area contributed by atoms with Gasteiger partial charge in [-0.05, 0) is 36.8 Å². The normalized spacial score (nSPS) is 13.9. The Morgan fingerprint density at radius 2 is 1.96 bits per heavy atom. The van der Waals surface area contributed by atoms with Crippen LogP contribution in [0.1, 0.15) is 5.56 Å². The molecule has 0 unspecified atom stereocenters. The van der Waals surface area contributed by atoms with Crippen molar-refractivity contribution in [2.24, 2.45) is 0 Å². The zero-order valence-corrected chi connectivity index (χ0v) is 16.2. The van der Waals surface area contributed by atoms with Crippen molar-refractivity contribution in [2.45, 2.75) is 6.92 Å². The Balaban J connectivity index is 1.70. The first-order valence-electron chi connectivity index (χ1n) is 8.85. The Morgan fingerprint density at radius 1 is 1.21 bits per heavy atom. The summed E-state index contributed by atoms with van der Waals surface area (Å²) in [5.74, 6) is -0.389. The summed E-state index contributed by atoms with van der Waals surface area (Å²) in [5, 5.41) is 17.4. The number of benzene rings is 2. The van der Waals surface area contributed by atoms with Gasteiger partial charge in [0.1, 0.15) is 5.69 Å². The largest absolute Gasteiger partial charge is 0.378 e. The Bertz CT molecular complexity index is 884. The molecule has 2 N–H and O–H groups in total. The lowest BCUT2D eigenvalue weighted by atomic mass is 10.2. The van der Waals surface area contributed by atoms with Gasteiger partial charge in [0, 0.05) is 24.2 Å². The van der Waals surface area contributed by atoms with E-state index in [1.807, 2.05) is 6.07 Å². The van der Waals surface area contributed by atoms with Crippen LogP contribution < -0.4 is 15.5 Å². The van der Waals surface area contributed by atoms with Crippen LogP contribution in [0.3, 0.4) is 0 Å². The van der Waals surface area contributed by atoms with Gasteiger partial charge in [0.15, 0.2) is 0 Å². The Kier molecular flexibility index (Phi) is 6.33. The van der Waals surface area contributed by atoms with Crippen molar-refractivity contribution in [2.75, 3.05) is 48.4 Å². The second-order valence-corrected chi connectivity index (χ2v) is 6.88. The third kappa shape index (κ3) is 4.90. The number of carbonyl (C=O) groups is 1. The maximum atomic E-state index is 12.4. The first-order valence-corrected chi connectivity index (χ1v) is 9.23. The highest BCUT2D eigenvalue weighted by molar-refractivity contribution is 6.31. The van der Waals surface area contributed by atoms with Crippen LogP contribution in [-0.4, -0.2) is 43.7 Å². The van der Waals surface area contributed by atoms with Crippen LogP contribution in [0.25, 0.3) is 0 Å². The summed E-state index contributed by atoms with van der Waals surface area (Å²) in [4.78, 5) is 25.2. The number of amides is 1. The molecule has 1 aliphatic rings. The number of nitrogens with zero attached hydrogens (tertiary/aromatic N) is 2. The molecule has 9 heteroatoms. The molecule has 8 nitrogen and oxygen atoms in total. The van der Waals surface area contributed by atoms with Crippen molar-refractivity contribution in [1.82, 2.24) is 0 Å². The number of halogens is 1. The molecule has 0 atom stereocenters. The number of hydrogen-bond donors (Lipinski definition) is 2. The van der Waals surface area contributed by atoms with E-state index in [1.165, 1.54) is 12.1 Å². The van der Waals surface area contributed by atoms with E-state index < -0.39 is 4.92 Å². The molecular formula is C19H21ClN4O4. The number of hydrogen-bond acceptors (Lipinski definition) is 6. The molecule has 0 bridgehead atoms. The third-order valence-electron chi connectivity index (χ3n) is 4.37. The zero-order valence-electron chi connectivity index (χ0n) is 15.4. The van der Waals surface area contributed by atoms with E-state index in [1.54, 1.807) is 25.1 Å². The number of carbonyl (C=O) groups excluding carboxylic acids is 1. The fourth-order valence-corrected chi connectivity index (χ4v) is 3.17. The molecule has 1 heterocycles. The molecule has 1 aliphatic heterocycles. The SMILES string of the molecule is Cc1ccc(NC(=O)CNc2cc(Cl)ccc2N2CCOCC2)c([N+](=O)[O-])c1. The van der Waals surface area contributed by atoms with Gasteiger partial charge in [0.05, 0.1) is 36.1 Å². The Hall–Kier alpha value is -2.84. The second-order valence-electron chi connectivity index (χ2n) is 6.44. The van der Waals surface area contributed by atoms with Crippen LogP contribution >= 0.6 is 11.6 Å². The summed E-state index contributed by atoms with van der Waals surface area (Å²) in [5.41, 5.74) is 2.44. The van der Waals surface area contributed by atoms with Crippen LogP contribution in [0.2, 0.25) is 5.02 Å². The summed E-state index contributed by atoms with van der Waals surface area (Å²) >= 11 is 6.11. The van der Waals surface area contributed by atoms with E-state index in [-0.39, 0.29) is 23.8 Å². The van der Waals surface area contributed by atoms with Crippen LogP contribution in [0.15, 0.2) is 36.4 Å². The molecule has 148 valence electrons. The molecule has 3 rings (SSSR count). The maximum absolute atomic E-state index is 12.4. The fraction of sp³-hybridized carbons (Fsp3) is 0.316. The molecule has 0 aromatic heterocycles. The van der Waals surface area contributed by atoms with Crippen LogP contribution in [0.4, 0.5) is 22.7 Å². The average molecular weight is 405 g/mol. The highest BCUT2D eigenvalue weighted by atomic mass is 35.5. The number of nitro groups is 1. The van der Waals surface area contributed by atoms with Gasteiger partial charge < -0.3 is 20.3 Å². The lowest BCUT2D eigenvalue weighted by molar-refractivity contribution is -0.384. The van der Waals surface area contributed by atoms with Crippen LogP contribution in [0.5, 0.6) is 0 Å². The van der Waals surface area contributed by atoms with Crippen molar-refractivity contribution in [3.05, 3.63) is 57.1 Å². The standard InChI is InChI=1S/C19H21ClN4O4/c1-13-2-4-15(18(10-13)24(26)27)22-19(25)12-21-16-11-14(20)3-5-17(16)23-6-8-28-9-7-23/h2-5,10-11,21H,6-9,12H2,1H3,(H,22,25). The van der Waals surface area contributed by atoms with Gasteiger partial charge in [-0.3, -0.25) is 14.9 Å². The number of anilines is 3. The summed E-state index contributed by atoms with van der Waals surface area (Å²) in [6, 6.07) is 10.1. The predicted molar refractivity (Wildman–Crippen MR) is 109 cm³/mol. The van der Waals surface area contributed by atoms with Crippen molar-refractivity contribution in [3.8, 4) is 0 Å². The number of morpholine rings is 1. The Morgan fingerprint density at radius 3 is 2.68 bits per heavy atom. The highest BCUT2D eigenvalue weighted by Gasteiger charge is 2.18. The van der Waals surface area contributed by atoms with E-state index in [2.05, 4.69) is 15.5 Å². The average Bonchev–Trinajstić information content (AvgIpc) is 2.68. The molecule has 2 aromatic carbocycles. The third-order valence-corrected chi connectivity index (χ3v) is 4.61. The summed E-state index contributed by atoms with van der Waals surface area (Å²) < 4.78 is 5.38. The summed E-state index contributed by atoms with van der Waals surface area (Å²) in [7, 11) is 0. The molecule has 0 radical (unpaired) electrons. The van der Waals surface area contributed by atoms with Gasteiger partial charge in [-0.15, -0.1) is 0 Å². The zero-order chi connectivity index (χ0) is 20.1. The van der Waals surface area contributed by atoms with Gasteiger partial charge in [0.2, 0.25) is 5.91 Å². The van der Waals surface area contributed by atoms with E-state index in [0.717, 1.165) is 30.0 Å². The monoisotopic (exact) mass is 404 g/mol. The molecule has 1 amide bonds. The fourth-order valence-electron chi connectivity index (χ4n) is 3.00. The lowest BCUT2D eigenvalue weighted by Gasteiger charge is -2.30. The van der Waals surface area contributed by atoms with Gasteiger partial charge in [-0.1, -0.05) is 17.7 Å². The maximum Gasteiger partial charge on any atom is 0.293 e. The van der Waals surface area contributed by atoms with E-state index in [4.69, 9.17) is 16.3 Å². The molecule has 0 spiro atoms. The number of ether oxygens (including phenoxy) is 1. The number of nitro benzene ring substituents is 1. The highest BCUT2D eigenvalue weighted by Crippen LogP contribution is 2.30. The van der Waals surface area contributed by atoms with Crippen LogP contribution in [-0.2, 0) is 9.53 Å². The molecule has 0 aliphatic carbocycles. The van der Waals surface area contributed by atoms with Gasteiger partial charge >= 0.3 is 0 Å². The van der Waals surface area contributed by atoms with Gasteiger partial charge in [-0.2, -0.15) is 0 Å². The molecule has 28 heavy (non-hydrogen) atoms. The van der Waals surface area contributed by atoms with Crippen molar-refractivity contribution < 1.29 is 14.5 Å². The van der Waals surface area contributed by atoms with Gasteiger partial charge in [0.25, 0.3) is 5.69 Å².